The maximum Gasteiger partial charge on any atom is 0.0406 e. The van der Waals surface area contributed by atoms with Gasteiger partial charge in [-0.15, -0.1) is 0 Å². The van der Waals surface area contributed by atoms with Gasteiger partial charge in [0, 0.05) is 23.7 Å². The lowest BCUT2D eigenvalue weighted by Crippen LogP contribution is -2.30. The molecule has 1 aromatic rings. The second-order valence-electron chi connectivity index (χ2n) is 5.13. The Hall–Kier alpha value is -0.570. The summed E-state index contributed by atoms with van der Waals surface area (Å²) in [7, 11) is 0. The van der Waals surface area contributed by atoms with Crippen molar-refractivity contribution in [3.63, 3.8) is 0 Å². The van der Waals surface area contributed by atoms with E-state index in [2.05, 4.69) is 30.9 Å². The molecule has 1 fully saturated rings. The number of rotatable bonds is 3. The highest BCUT2D eigenvalue weighted by Crippen LogP contribution is 2.28. The Morgan fingerprint density at radius 1 is 1.29 bits per heavy atom. The Bertz CT molecular complexity index is 361. The highest BCUT2D eigenvalue weighted by Gasteiger charge is 2.28. The maximum atomic E-state index is 5.97. The number of nitrogens with two attached hydrogens (primary N) is 1. The van der Waals surface area contributed by atoms with Gasteiger partial charge in [-0.05, 0) is 50.4 Å². The highest BCUT2D eigenvalue weighted by atomic mass is 35.5. The molecule has 2 rings (SSSR count). The van der Waals surface area contributed by atoms with E-state index in [0.717, 1.165) is 18.1 Å². The molecule has 3 heteroatoms. The summed E-state index contributed by atoms with van der Waals surface area (Å²) in [5.41, 5.74) is 7.31. The van der Waals surface area contributed by atoms with Crippen molar-refractivity contribution in [2.24, 2.45) is 11.7 Å². The molecule has 3 atom stereocenters. The molecule has 17 heavy (non-hydrogen) atoms. The quantitative estimate of drug-likeness (QED) is 0.896. The van der Waals surface area contributed by atoms with Crippen molar-refractivity contribution in [1.82, 2.24) is 4.90 Å². The summed E-state index contributed by atoms with van der Waals surface area (Å²) in [5.74, 6) is 0.643. The molecule has 1 aliphatic heterocycles. The Labute approximate surface area is 109 Å². The number of likely N-dealkylation sites (tertiary alicyclic amines) is 1. The molecule has 0 saturated carbocycles. The normalized spacial score (nSPS) is 24.8. The second-order valence-corrected chi connectivity index (χ2v) is 5.57. The standard InChI is InChI=1S/C14H21ClN2/c1-10(16)13-7-8-17(9-13)11(2)12-3-5-14(15)6-4-12/h3-6,10-11,13H,7-9,16H2,1-2H3. The minimum atomic E-state index is 0.303. The maximum absolute atomic E-state index is 5.97. The first kappa shape index (κ1) is 12.9. The minimum Gasteiger partial charge on any atom is -0.328 e. The molecule has 0 radical (unpaired) electrons. The molecule has 1 aromatic carbocycles. The number of benzene rings is 1. The molecule has 0 aliphatic carbocycles. The van der Waals surface area contributed by atoms with Crippen LogP contribution in [0.2, 0.25) is 5.02 Å². The number of nitrogens with zero attached hydrogens (tertiary/aromatic N) is 1. The van der Waals surface area contributed by atoms with Gasteiger partial charge in [0.05, 0.1) is 0 Å². The monoisotopic (exact) mass is 252 g/mol. The Morgan fingerprint density at radius 3 is 2.47 bits per heavy atom. The predicted octanol–water partition coefficient (Wildman–Crippen LogP) is 3.07. The van der Waals surface area contributed by atoms with Crippen molar-refractivity contribution in [3.8, 4) is 0 Å². The fourth-order valence-corrected chi connectivity index (χ4v) is 2.67. The van der Waals surface area contributed by atoms with Crippen LogP contribution in [-0.2, 0) is 0 Å². The average molecular weight is 253 g/mol. The molecule has 0 aromatic heterocycles. The van der Waals surface area contributed by atoms with Crippen LogP contribution < -0.4 is 5.73 Å². The van der Waals surface area contributed by atoms with Crippen LogP contribution in [0.25, 0.3) is 0 Å². The van der Waals surface area contributed by atoms with Crippen LogP contribution >= 0.6 is 11.6 Å². The topological polar surface area (TPSA) is 29.3 Å². The molecule has 3 unspecified atom stereocenters. The van der Waals surface area contributed by atoms with E-state index in [0.29, 0.717) is 18.0 Å². The van der Waals surface area contributed by atoms with E-state index in [1.54, 1.807) is 0 Å². The number of hydrogen-bond acceptors (Lipinski definition) is 2. The van der Waals surface area contributed by atoms with E-state index < -0.39 is 0 Å². The fraction of sp³-hybridized carbons (Fsp3) is 0.571. The molecule has 1 heterocycles. The van der Waals surface area contributed by atoms with Gasteiger partial charge in [0.2, 0.25) is 0 Å². The average Bonchev–Trinajstić information content (AvgIpc) is 2.78. The van der Waals surface area contributed by atoms with Crippen LogP contribution in [0, 0.1) is 5.92 Å². The van der Waals surface area contributed by atoms with E-state index >= 15 is 0 Å². The first-order chi connectivity index (χ1) is 8.08. The van der Waals surface area contributed by atoms with Crippen molar-refractivity contribution < 1.29 is 0 Å². The van der Waals surface area contributed by atoms with E-state index in [1.807, 2.05) is 12.1 Å². The molecule has 1 saturated heterocycles. The van der Waals surface area contributed by atoms with Gasteiger partial charge in [0.25, 0.3) is 0 Å². The van der Waals surface area contributed by atoms with Crippen LogP contribution in [0.1, 0.15) is 31.9 Å². The lowest BCUT2D eigenvalue weighted by atomic mass is 10.0. The summed E-state index contributed by atoms with van der Waals surface area (Å²) in [6.45, 7) is 6.63. The van der Waals surface area contributed by atoms with E-state index in [9.17, 15) is 0 Å². The first-order valence-electron chi connectivity index (χ1n) is 6.33. The van der Waals surface area contributed by atoms with Crippen molar-refractivity contribution in [3.05, 3.63) is 34.9 Å². The zero-order chi connectivity index (χ0) is 12.4. The van der Waals surface area contributed by atoms with E-state index in [1.165, 1.54) is 12.0 Å². The van der Waals surface area contributed by atoms with Gasteiger partial charge in [0.15, 0.2) is 0 Å². The van der Waals surface area contributed by atoms with Crippen molar-refractivity contribution in [2.45, 2.75) is 32.4 Å². The van der Waals surface area contributed by atoms with Gasteiger partial charge in [-0.1, -0.05) is 23.7 Å². The van der Waals surface area contributed by atoms with Gasteiger partial charge in [-0.2, -0.15) is 0 Å². The summed E-state index contributed by atoms with van der Waals surface area (Å²) < 4.78 is 0. The lowest BCUT2D eigenvalue weighted by Gasteiger charge is -2.25. The summed E-state index contributed by atoms with van der Waals surface area (Å²) in [6.07, 6.45) is 1.22. The van der Waals surface area contributed by atoms with Crippen molar-refractivity contribution >= 4 is 11.6 Å². The number of halogens is 1. The fourth-order valence-electron chi connectivity index (χ4n) is 2.55. The third kappa shape index (κ3) is 3.01. The smallest absolute Gasteiger partial charge is 0.0406 e. The zero-order valence-electron chi connectivity index (χ0n) is 10.6. The Kier molecular flexibility index (Phi) is 4.08. The third-order valence-electron chi connectivity index (χ3n) is 3.90. The van der Waals surface area contributed by atoms with Crippen LogP contribution in [0.5, 0.6) is 0 Å². The van der Waals surface area contributed by atoms with Crippen LogP contribution in [0.15, 0.2) is 24.3 Å². The molecule has 2 nitrogen and oxygen atoms in total. The molecular weight excluding hydrogens is 232 g/mol. The molecule has 2 N–H and O–H groups in total. The molecule has 1 aliphatic rings. The van der Waals surface area contributed by atoms with E-state index in [4.69, 9.17) is 17.3 Å². The summed E-state index contributed by atoms with van der Waals surface area (Å²) in [6, 6.07) is 8.92. The predicted molar refractivity (Wildman–Crippen MR) is 73.2 cm³/mol. The third-order valence-corrected chi connectivity index (χ3v) is 4.15. The van der Waals surface area contributed by atoms with Gasteiger partial charge in [-0.25, -0.2) is 0 Å². The summed E-state index contributed by atoms with van der Waals surface area (Å²) in [4.78, 5) is 2.51. The summed E-state index contributed by atoms with van der Waals surface area (Å²) in [5, 5.41) is 0.802. The molecule has 0 spiro atoms. The molecule has 0 amide bonds. The largest absolute Gasteiger partial charge is 0.328 e. The minimum absolute atomic E-state index is 0.303. The van der Waals surface area contributed by atoms with E-state index in [-0.39, 0.29) is 0 Å². The van der Waals surface area contributed by atoms with Crippen LogP contribution in [0.4, 0.5) is 0 Å². The first-order valence-corrected chi connectivity index (χ1v) is 6.71. The second kappa shape index (κ2) is 5.38. The van der Waals surface area contributed by atoms with Crippen molar-refractivity contribution in [1.29, 1.82) is 0 Å². The van der Waals surface area contributed by atoms with Crippen LogP contribution in [-0.4, -0.2) is 24.0 Å². The SMILES string of the molecule is CC(N)C1CCN(C(C)c2ccc(Cl)cc2)C1. The summed E-state index contributed by atoms with van der Waals surface area (Å²) >= 11 is 5.91. The molecular formula is C14H21ClN2. The van der Waals surface area contributed by atoms with Crippen LogP contribution in [0.3, 0.4) is 0 Å². The van der Waals surface area contributed by atoms with Gasteiger partial charge >= 0.3 is 0 Å². The highest BCUT2D eigenvalue weighted by molar-refractivity contribution is 6.30. The Morgan fingerprint density at radius 2 is 1.94 bits per heavy atom. The van der Waals surface area contributed by atoms with Gasteiger partial charge in [0.1, 0.15) is 0 Å². The molecule has 0 bridgehead atoms. The lowest BCUT2D eigenvalue weighted by molar-refractivity contribution is 0.248. The van der Waals surface area contributed by atoms with Crippen molar-refractivity contribution in [2.75, 3.05) is 13.1 Å². The Balaban J connectivity index is 2.01. The molecule has 94 valence electrons. The van der Waals surface area contributed by atoms with Gasteiger partial charge in [-0.3, -0.25) is 4.90 Å². The van der Waals surface area contributed by atoms with Gasteiger partial charge < -0.3 is 5.73 Å². The zero-order valence-corrected chi connectivity index (χ0v) is 11.3. The number of hydrogen-bond donors (Lipinski definition) is 1.